The van der Waals surface area contributed by atoms with Crippen molar-refractivity contribution in [1.82, 2.24) is 14.8 Å². The van der Waals surface area contributed by atoms with Crippen LogP contribution in [0.3, 0.4) is 0 Å². The maximum atomic E-state index is 5.76. The molecule has 0 fully saturated rings. The van der Waals surface area contributed by atoms with E-state index >= 15 is 0 Å². The molecular formula is C8H14ClN3. The summed E-state index contributed by atoms with van der Waals surface area (Å²) in [5.41, 5.74) is 0.327. The minimum atomic E-state index is 0.327. The minimum absolute atomic E-state index is 0.327. The van der Waals surface area contributed by atoms with Crippen molar-refractivity contribution in [1.29, 1.82) is 0 Å². The Morgan fingerprint density at radius 2 is 2.17 bits per heavy atom. The Bertz CT molecular complexity index is 249. The fourth-order valence-electron chi connectivity index (χ4n) is 0.847. The maximum Gasteiger partial charge on any atom is 0.224 e. The Morgan fingerprint density at radius 3 is 2.58 bits per heavy atom. The second-order valence-corrected chi connectivity index (χ2v) is 4.44. The molecule has 0 saturated carbocycles. The van der Waals surface area contributed by atoms with Gasteiger partial charge in [-0.2, -0.15) is 0 Å². The van der Waals surface area contributed by atoms with Crippen LogP contribution >= 0.6 is 11.6 Å². The highest BCUT2D eigenvalue weighted by molar-refractivity contribution is 6.28. The van der Waals surface area contributed by atoms with E-state index in [-0.39, 0.29) is 0 Å². The van der Waals surface area contributed by atoms with Crippen LogP contribution in [0.25, 0.3) is 0 Å². The van der Waals surface area contributed by atoms with Crippen LogP contribution in [-0.2, 0) is 6.54 Å². The first-order valence-electron chi connectivity index (χ1n) is 4.02. The fourth-order valence-corrected chi connectivity index (χ4v) is 1.02. The molecule has 0 N–H and O–H groups in total. The second-order valence-electron chi connectivity index (χ2n) is 4.10. The number of nitrogens with zero attached hydrogens (tertiary/aromatic N) is 3. The first-order chi connectivity index (χ1) is 5.49. The van der Waals surface area contributed by atoms with Crippen LogP contribution in [0.2, 0.25) is 5.28 Å². The third kappa shape index (κ3) is 2.81. The lowest BCUT2D eigenvalue weighted by molar-refractivity contribution is 0.350. The van der Waals surface area contributed by atoms with E-state index in [0.717, 1.165) is 13.0 Å². The first kappa shape index (κ1) is 9.52. The molecule has 0 aliphatic rings. The van der Waals surface area contributed by atoms with Gasteiger partial charge in [0.25, 0.3) is 0 Å². The summed E-state index contributed by atoms with van der Waals surface area (Å²) in [6.45, 7) is 7.48. The second kappa shape index (κ2) is 3.44. The standard InChI is InChI=1S/C8H14ClN3/c1-8(2,3)4-5-12-6-10-11-7(12)9/h6H,4-5H2,1-3H3. The SMILES string of the molecule is CC(C)(C)CCn1cnnc1Cl. The molecule has 3 nitrogen and oxygen atoms in total. The topological polar surface area (TPSA) is 30.7 Å². The number of rotatable bonds is 2. The van der Waals surface area contributed by atoms with E-state index in [4.69, 9.17) is 11.6 Å². The third-order valence-corrected chi connectivity index (χ3v) is 1.96. The zero-order valence-corrected chi connectivity index (χ0v) is 8.47. The van der Waals surface area contributed by atoms with Crippen molar-refractivity contribution in [3.63, 3.8) is 0 Å². The molecule has 0 aromatic carbocycles. The van der Waals surface area contributed by atoms with Gasteiger partial charge in [-0.25, -0.2) is 0 Å². The van der Waals surface area contributed by atoms with E-state index in [9.17, 15) is 0 Å². The van der Waals surface area contributed by atoms with Gasteiger partial charge in [0.15, 0.2) is 0 Å². The van der Waals surface area contributed by atoms with Crippen molar-refractivity contribution in [2.75, 3.05) is 0 Å². The third-order valence-electron chi connectivity index (χ3n) is 1.67. The van der Waals surface area contributed by atoms with E-state index in [1.165, 1.54) is 0 Å². The average Bonchev–Trinajstić information content (AvgIpc) is 2.29. The molecule has 0 atom stereocenters. The van der Waals surface area contributed by atoms with E-state index in [1.807, 2.05) is 4.57 Å². The van der Waals surface area contributed by atoms with E-state index < -0.39 is 0 Å². The van der Waals surface area contributed by atoms with Gasteiger partial charge in [-0.05, 0) is 23.4 Å². The van der Waals surface area contributed by atoms with Gasteiger partial charge < -0.3 is 4.57 Å². The lowest BCUT2D eigenvalue weighted by Crippen LogP contribution is -2.09. The quantitative estimate of drug-likeness (QED) is 0.712. The highest BCUT2D eigenvalue weighted by atomic mass is 35.5. The molecule has 4 heteroatoms. The van der Waals surface area contributed by atoms with E-state index in [0.29, 0.717) is 10.7 Å². The summed E-state index contributed by atoms with van der Waals surface area (Å²) in [5.74, 6) is 0. The molecule has 12 heavy (non-hydrogen) atoms. The molecule has 0 unspecified atom stereocenters. The molecule has 1 rings (SSSR count). The number of aryl methyl sites for hydroxylation is 1. The number of hydrogen-bond donors (Lipinski definition) is 0. The predicted molar refractivity (Wildman–Crippen MR) is 49.1 cm³/mol. The van der Waals surface area contributed by atoms with Crippen molar-refractivity contribution in [3.05, 3.63) is 11.6 Å². The number of halogens is 1. The number of aromatic nitrogens is 3. The molecule has 0 aliphatic carbocycles. The zero-order valence-electron chi connectivity index (χ0n) is 7.71. The predicted octanol–water partition coefficient (Wildman–Crippen LogP) is 2.37. The molecule has 0 spiro atoms. The molecule has 0 bridgehead atoms. The van der Waals surface area contributed by atoms with Gasteiger partial charge in [0, 0.05) is 6.54 Å². The normalized spacial score (nSPS) is 12.0. The van der Waals surface area contributed by atoms with Crippen LogP contribution in [0.4, 0.5) is 0 Å². The lowest BCUT2D eigenvalue weighted by Gasteiger charge is -2.17. The summed E-state index contributed by atoms with van der Waals surface area (Å²) in [5, 5.41) is 7.87. The molecule has 0 saturated heterocycles. The van der Waals surface area contributed by atoms with Crippen LogP contribution < -0.4 is 0 Å². The van der Waals surface area contributed by atoms with Gasteiger partial charge in [0.2, 0.25) is 5.28 Å². The maximum absolute atomic E-state index is 5.76. The molecular weight excluding hydrogens is 174 g/mol. The minimum Gasteiger partial charge on any atom is -0.304 e. The Morgan fingerprint density at radius 1 is 1.50 bits per heavy atom. The summed E-state index contributed by atoms with van der Waals surface area (Å²) in [6.07, 6.45) is 2.73. The van der Waals surface area contributed by atoms with Gasteiger partial charge in [-0.1, -0.05) is 20.8 Å². The van der Waals surface area contributed by atoms with Gasteiger partial charge in [0.05, 0.1) is 0 Å². The van der Waals surface area contributed by atoms with E-state index in [2.05, 4.69) is 31.0 Å². The van der Waals surface area contributed by atoms with Crippen molar-refractivity contribution in [2.45, 2.75) is 33.7 Å². The molecule has 68 valence electrons. The average molecular weight is 188 g/mol. The van der Waals surface area contributed by atoms with Crippen LogP contribution in [0.1, 0.15) is 27.2 Å². The highest BCUT2D eigenvalue weighted by Gasteiger charge is 2.10. The van der Waals surface area contributed by atoms with Gasteiger partial charge in [-0.15, -0.1) is 10.2 Å². The van der Waals surface area contributed by atoms with Gasteiger partial charge in [-0.3, -0.25) is 0 Å². The van der Waals surface area contributed by atoms with Gasteiger partial charge >= 0.3 is 0 Å². The van der Waals surface area contributed by atoms with Crippen LogP contribution in [0.5, 0.6) is 0 Å². The Hall–Kier alpha value is -0.570. The Labute approximate surface area is 77.8 Å². The summed E-state index contributed by atoms with van der Waals surface area (Å²) in [7, 11) is 0. The van der Waals surface area contributed by atoms with Crippen molar-refractivity contribution < 1.29 is 0 Å². The molecule has 1 heterocycles. The number of hydrogen-bond acceptors (Lipinski definition) is 2. The van der Waals surface area contributed by atoms with E-state index in [1.54, 1.807) is 6.33 Å². The molecule has 0 aliphatic heterocycles. The summed E-state index contributed by atoms with van der Waals surface area (Å²) in [6, 6.07) is 0. The zero-order chi connectivity index (χ0) is 9.19. The smallest absolute Gasteiger partial charge is 0.224 e. The van der Waals surface area contributed by atoms with Crippen molar-refractivity contribution in [3.8, 4) is 0 Å². The fraction of sp³-hybridized carbons (Fsp3) is 0.750. The molecule has 1 aromatic heterocycles. The highest BCUT2D eigenvalue weighted by Crippen LogP contribution is 2.20. The summed E-state index contributed by atoms with van der Waals surface area (Å²) < 4.78 is 1.85. The first-order valence-corrected chi connectivity index (χ1v) is 4.40. The summed E-state index contributed by atoms with van der Waals surface area (Å²) >= 11 is 5.76. The van der Waals surface area contributed by atoms with Gasteiger partial charge in [0.1, 0.15) is 6.33 Å². The monoisotopic (exact) mass is 187 g/mol. The van der Waals surface area contributed by atoms with Crippen LogP contribution in [0, 0.1) is 5.41 Å². The van der Waals surface area contributed by atoms with Crippen molar-refractivity contribution >= 4 is 11.6 Å². The van der Waals surface area contributed by atoms with Crippen molar-refractivity contribution in [2.24, 2.45) is 5.41 Å². The Kier molecular flexibility index (Phi) is 2.73. The molecule has 1 aromatic rings. The Balaban J connectivity index is 2.49. The summed E-state index contributed by atoms with van der Waals surface area (Å²) in [4.78, 5) is 0. The molecule has 0 amide bonds. The van der Waals surface area contributed by atoms with Crippen LogP contribution in [-0.4, -0.2) is 14.8 Å². The molecule has 0 radical (unpaired) electrons. The van der Waals surface area contributed by atoms with Crippen LogP contribution in [0.15, 0.2) is 6.33 Å². The lowest BCUT2D eigenvalue weighted by atomic mass is 9.92. The largest absolute Gasteiger partial charge is 0.304 e.